The number of likely N-dealkylation sites (N-methyl/N-ethyl adjacent to an activating group) is 1. The van der Waals surface area contributed by atoms with Crippen LogP contribution in [0.4, 0.5) is 23.1 Å². The van der Waals surface area contributed by atoms with Crippen molar-refractivity contribution < 1.29 is 9.53 Å². The van der Waals surface area contributed by atoms with Gasteiger partial charge in [0.15, 0.2) is 29.6 Å². The first-order valence-corrected chi connectivity index (χ1v) is 13.4. The second kappa shape index (κ2) is 9.79. The molecule has 1 amide bonds. The number of hydrogen-bond acceptors (Lipinski definition) is 9. The number of piperazine rings is 1. The number of hydrogen-bond donors (Lipinski definition) is 1. The number of nitrogens with zero attached hydrogens (tertiary/aromatic N) is 8. The van der Waals surface area contributed by atoms with E-state index in [1.807, 2.05) is 24.3 Å². The van der Waals surface area contributed by atoms with E-state index in [2.05, 4.69) is 39.3 Å². The molecule has 7 rings (SSSR count). The van der Waals surface area contributed by atoms with E-state index in [9.17, 15) is 9.59 Å². The van der Waals surface area contributed by atoms with Gasteiger partial charge in [-0.05, 0) is 49.9 Å². The van der Waals surface area contributed by atoms with Gasteiger partial charge in [-0.25, -0.2) is 19.3 Å². The third-order valence-corrected chi connectivity index (χ3v) is 7.58. The summed E-state index contributed by atoms with van der Waals surface area (Å²) in [5, 5.41) is 3.66. The first kappa shape index (κ1) is 24.3. The van der Waals surface area contributed by atoms with E-state index in [4.69, 9.17) is 14.7 Å². The van der Waals surface area contributed by atoms with Gasteiger partial charge in [-0.2, -0.15) is 4.98 Å². The van der Waals surface area contributed by atoms with Crippen LogP contribution < -0.4 is 25.4 Å². The highest BCUT2D eigenvalue weighted by molar-refractivity contribution is 5.96. The lowest BCUT2D eigenvalue weighted by atomic mass is 10.2. The monoisotopic (exact) mass is 539 g/mol. The topological polar surface area (TPSA) is 114 Å². The average Bonchev–Trinajstić information content (AvgIpc) is 3.23. The Morgan fingerprint density at radius 2 is 1.75 bits per heavy atom. The second-order valence-electron chi connectivity index (χ2n) is 10.2. The van der Waals surface area contributed by atoms with Gasteiger partial charge < -0.3 is 19.9 Å². The Kier molecular flexibility index (Phi) is 5.96. The van der Waals surface area contributed by atoms with E-state index < -0.39 is 0 Å². The van der Waals surface area contributed by atoms with Gasteiger partial charge in [0.05, 0.1) is 6.54 Å². The number of fused-ring (bicyclic) bond motifs is 5. The van der Waals surface area contributed by atoms with E-state index in [1.165, 1.54) is 5.69 Å². The zero-order chi connectivity index (χ0) is 27.2. The van der Waals surface area contributed by atoms with Crippen molar-refractivity contribution in [2.45, 2.75) is 13.0 Å². The average molecular weight is 540 g/mol. The molecule has 3 aliphatic rings. The lowest BCUT2D eigenvalue weighted by molar-refractivity contribution is -0.121. The van der Waals surface area contributed by atoms with Gasteiger partial charge in [0.2, 0.25) is 5.95 Å². The van der Waals surface area contributed by atoms with Gasteiger partial charge in [-0.1, -0.05) is 12.2 Å². The van der Waals surface area contributed by atoms with Crippen LogP contribution in [-0.2, 0) is 11.3 Å². The Balaban J connectivity index is 1.26. The molecule has 4 aromatic rings. The zero-order valence-electron chi connectivity index (χ0n) is 22.2. The number of ether oxygens (including phenoxy) is 1. The Bertz CT molecular complexity index is 1680. The molecule has 0 spiro atoms. The maximum Gasteiger partial charge on any atom is 0.278 e. The van der Waals surface area contributed by atoms with E-state index >= 15 is 0 Å². The quantitative estimate of drug-likeness (QED) is 0.391. The van der Waals surface area contributed by atoms with Crippen LogP contribution in [0.5, 0.6) is 5.75 Å². The minimum Gasteiger partial charge on any atom is -0.480 e. The van der Waals surface area contributed by atoms with Crippen LogP contribution in [0.2, 0.25) is 0 Å². The van der Waals surface area contributed by atoms with Crippen molar-refractivity contribution in [1.82, 2.24) is 29.2 Å². The van der Waals surface area contributed by atoms with E-state index in [0.717, 1.165) is 31.9 Å². The molecule has 3 aromatic heterocycles. The summed E-state index contributed by atoms with van der Waals surface area (Å²) in [4.78, 5) is 46.4. The minimum atomic E-state index is -0.217. The molecule has 0 radical (unpaired) electrons. The Morgan fingerprint density at radius 3 is 2.58 bits per heavy atom. The van der Waals surface area contributed by atoms with Crippen LogP contribution in [0.25, 0.3) is 16.9 Å². The van der Waals surface area contributed by atoms with Crippen molar-refractivity contribution in [3.05, 3.63) is 65.1 Å². The van der Waals surface area contributed by atoms with Crippen LogP contribution in [0, 0.1) is 0 Å². The molecule has 1 fully saturated rings. The Hall–Kier alpha value is -4.71. The summed E-state index contributed by atoms with van der Waals surface area (Å²) >= 11 is 0. The maximum absolute atomic E-state index is 13.4. The molecule has 12 heteroatoms. The predicted octanol–water partition coefficient (Wildman–Crippen LogP) is 2.16. The predicted molar refractivity (Wildman–Crippen MR) is 152 cm³/mol. The minimum absolute atomic E-state index is 0.0203. The van der Waals surface area contributed by atoms with E-state index in [1.54, 1.807) is 32.6 Å². The molecule has 2 bridgehead atoms. The number of carbonyl (C=O) groups excluding carboxylic acids is 1. The molecule has 1 aromatic carbocycles. The van der Waals surface area contributed by atoms with Crippen LogP contribution in [-0.4, -0.2) is 81.5 Å². The number of allylic oxidation sites excluding steroid dienone is 1. The number of amides is 1. The summed E-state index contributed by atoms with van der Waals surface area (Å²) < 4.78 is 8.89. The van der Waals surface area contributed by atoms with Gasteiger partial charge in [-0.15, -0.1) is 0 Å². The third kappa shape index (κ3) is 4.26. The fourth-order valence-corrected chi connectivity index (χ4v) is 5.35. The number of anilines is 4. The number of pyridine rings is 1. The standard InChI is InChI=1S/C28H29N9O3/c1-33-13-15-34(16-14-33)20-7-5-19(6-8-20)30-28-29-17-21-25(32-28)37-23-10-9-22-26(31-23)35(24(38)18-40-22)11-3-2-4-12-36(37)27(21)39/h2,4-10,17H,3,11-16,18H2,1H3,(H,29,30,32)/b4-2+. The molecule has 0 unspecified atom stereocenters. The molecule has 6 heterocycles. The molecule has 1 saturated heterocycles. The second-order valence-corrected chi connectivity index (χ2v) is 10.2. The van der Waals surface area contributed by atoms with Crippen LogP contribution in [0.1, 0.15) is 6.42 Å². The van der Waals surface area contributed by atoms with Gasteiger partial charge in [0.25, 0.3) is 11.5 Å². The fourth-order valence-electron chi connectivity index (χ4n) is 5.35. The first-order chi connectivity index (χ1) is 19.5. The molecule has 204 valence electrons. The molecule has 0 saturated carbocycles. The van der Waals surface area contributed by atoms with Crippen LogP contribution in [0.15, 0.2) is 59.5 Å². The smallest absolute Gasteiger partial charge is 0.278 e. The molecule has 0 aliphatic carbocycles. The van der Waals surface area contributed by atoms with Gasteiger partial charge >= 0.3 is 0 Å². The lowest BCUT2D eigenvalue weighted by Gasteiger charge is -2.34. The van der Waals surface area contributed by atoms with Crippen molar-refractivity contribution in [3.63, 3.8) is 0 Å². The molecule has 3 aliphatic heterocycles. The van der Waals surface area contributed by atoms with Crippen molar-refractivity contribution in [1.29, 1.82) is 0 Å². The molecule has 0 atom stereocenters. The lowest BCUT2D eigenvalue weighted by Crippen LogP contribution is -2.44. The molecule has 12 nitrogen and oxygen atoms in total. The highest BCUT2D eigenvalue weighted by atomic mass is 16.5. The van der Waals surface area contributed by atoms with Crippen molar-refractivity contribution in [2.24, 2.45) is 0 Å². The van der Waals surface area contributed by atoms with Gasteiger partial charge in [-0.3, -0.25) is 14.5 Å². The van der Waals surface area contributed by atoms with Gasteiger partial charge in [0, 0.05) is 50.3 Å². The normalized spacial score (nSPS) is 18.2. The Morgan fingerprint density at radius 1 is 0.925 bits per heavy atom. The molecule has 40 heavy (non-hydrogen) atoms. The molecular formula is C28H29N9O3. The fraction of sp³-hybridized carbons (Fsp3) is 0.321. The number of aromatic nitrogens is 5. The van der Waals surface area contributed by atoms with E-state index in [0.29, 0.717) is 53.9 Å². The van der Waals surface area contributed by atoms with Crippen molar-refractivity contribution in [3.8, 4) is 11.6 Å². The van der Waals surface area contributed by atoms with Crippen LogP contribution >= 0.6 is 0 Å². The summed E-state index contributed by atoms with van der Waals surface area (Å²) in [5.41, 5.74) is 2.23. The first-order valence-electron chi connectivity index (χ1n) is 13.4. The summed E-state index contributed by atoms with van der Waals surface area (Å²) in [6.45, 7) is 4.89. The van der Waals surface area contributed by atoms with Crippen LogP contribution in [0.3, 0.4) is 0 Å². The molecular weight excluding hydrogens is 510 g/mol. The highest BCUT2D eigenvalue weighted by Gasteiger charge is 2.28. The summed E-state index contributed by atoms with van der Waals surface area (Å²) in [6.07, 6.45) is 6.07. The maximum atomic E-state index is 13.4. The van der Waals surface area contributed by atoms with Crippen molar-refractivity contribution in [2.75, 3.05) is 61.5 Å². The number of benzene rings is 1. The van der Waals surface area contributed by atoms with Crippen molar-refractivity contribution >= 4 is 40.1 Å². The number of rotatable bonds is 3. The molecule has 1 N–H and O–H groups in total. The summed E-state index contributed by atoms with van der Waals surface area (Å²) in [7, 11) is 2.15. The number of nitrogens with one attached hydrogen (secondary N) is 1. The highest BCUT2D eigenvalue weighted by Crippen LogP contribution is 2.32. The number of carbonyl (C=O) groups is 1. The summed E-state index contributed by atoms with van der Waals surface area (Å²) in [5.74, 6) is 1.66. The zero-order valence-corrected chi connectivity index (χ0v) is 22.2. The van der Waals surface area contributed by atoms with E-state index in [-0.39, 0.29) is 18.1 Å². The summed E-state index contributed by atoms with van der Waals surface area (Å²) in [6, 6.07) is 11.8. The SMILES string of the molecule is CN1CCN(c2ccc(Nc3ncc4c(=O)n5n(c4n3)-c3ccc4c(n3)N(CC/C=C/C5)C(=O)CO4)cc2)CC1. The largest absolute Gasteiger partial charge is 0.480 e. The Labute approximate surface area is 230 Å². The van der Waals surface area contributed by atoms with Gasteiger partial charge in [0.1, 0.15) is 5.39 Å². The third-order valence-electron chi connectivity index (χ3n) is 7.58.